The van der Waals surface area contributed by atoms with Gasteiger partial charge in [0.05, 0.1) is 0 Å². The fraction of sp³-hybridized carbons (Fsp3) is 0.125. The van der Waals surface area contributed by atoms with E-state index in [1.807, 2.05) is 70.6 Å². The van der Waals surface area contributed by atoms with Gasteiger partial charge in [-0.05, 0) is 10.8 Å². The van der Waals surface area contributed by atoms with E-state index in [-0.39, 0.29) is 0 Å². The summed E-state index contributed by atoms with van der Waals surface area (Å²) in [6, 6.07) is 0. The number of hydrogen-bond acceptors (Lipinski definition) is 6. The number of thioether (sulfide) groups is 6. The van der Waals surface area contributed by atoms with Crippen molar-refractivity contribution in [2.45, 2.75) is 12.8 Å². The fourth-order valence-corrected chi connectivity index (χ4v) is 16.8. The SMILES string of the molecule is C1=CSC(=C2C=CC(=C3SC4=C(S3)SC(=C3[Se]C=C[Se]3)S4)CC2)S1. The zero-order valence-electron chi connectivity index (χ0n) is 12.1. The summed E-state index contributed by atoms with van der Waals surface area (Å²) in [5.41, 5.74) is 3.05. The van der Waals surface area contributed by atoms with Gasteiger partial charge in [-0.1, -0.05) is 0 Å². The molecule has 4 aliphatic heterocycles. The Hall–Kier alpha value is 1.32. The second-order valence-electron chi connectivity index (χ2n) is 5.03. The molecule has 0 unspecified atom stereocenters. The van der Waals surface area contributed by atoms with Crippen molar-refractivity contribution < 1.29 is 0 Å². The summed E-state index contributed by atoms with van der Waals surface area (Å²) in [7, 11) is 0. The van der Waals surface area contributed by atoms with E-state index < -0.39 is 0 Å². The van der Waals surface area contributed by atoms with E-state index in [0.29, 0.717) is 29.9 Å². The zero-order chi connectivity index (χ0) is 15.9. The molecule has 0 aromatic rings. The predicted octanol–water partition coefficient (Wildman–Crippen LogP) is 6.82. The third-order valence-electron chi connectivity index (χ3n) is 3.56. The van der Waals surface area contributed by atoms with E-state index in [2.05, 4.69) is 32.9 Å². The van der Waals surface area contributed by atoms with Crippen LogP contribution in [0.5, 0.6) is 0 Å². The molecule has 4 heterocycles. The molecule has 5 rings (SSSR count). The minimum absolute atomic E-state index is 0.632. The van der Waals surface area contributed by atoms with Crippen LogP contribution in [0.2, 0.25) is 0 Å². The van der Waals surface area contributed by atoms with Crippen LogP contribution in [-0.2, 0) is 0 Å². The molecule has 8 heteroatoms. The van der Waals surface area contributed by atoms with Gasteiger partial charge in [-0.25, -0.2) is 0 Å². The summed E-state index contributed by atoms with van der Waals surface area (Å²) in [6.45, 7) is 0. The van der Waals surface area contributed by atoms with Gasteiger partial charge in [0.25, 0.3) is 0 Å². The molecule has 1 aliphatic carbocycles. The molecule has 0 aromatic heterocycles. The van der Waals surface area contributed by atoms with E-state index in [1.54, 1.807) is 7.61 Å². The average molecular weight is 553 g/mol. The van der Waals surface area contributed by atoms with Crippen molar-refractivity contribution in [3.05, 3.63) is 68.6 Å². The molecule has 0 radical (unpaired) electrons. The molecular formula is C16H10S6Se2. The molecule has 0 spiro atoms. The van der Waals surface area contributed by atoms with Crippen molar-refractivity contribution in [2.24, 2.45) is 0 Å². The van der Waals surface area contributed by atoms with Gasteiger partial charge in [0.1, 0.15) is 0 Å². The Morgan fingerprint density at radius 3 is 1.75 bits per heavy atom. The quantitative estimate of drug-likeness (QED) is 0.301. The maximum absolute atomic E-state index is 2.39. The number of allylic oxidation sites excluding steroid dienone is 4. The number of rotatable bonds is 0. The molecule has 0 N–H and O–H groups in total. The second-order valence-corrected chi connectivity index (χ2v) is 17.4. The summed E-state index contributed by atoms with van der Waals surface area (Å²) in [4.78, 5) is 4.78. The predicted molar refractivity (Wildman–Crippen MR) is 122 cm³/mol. The Bertz CT molecular complexity index is 786. The first-order valence-electron chi connectivity index (χ1n) is 7.18. The first-order valence-corrected chi connectivity index (χ1v) is 15.9. The fourth-order valence-electron chi connectivity index (χ4n) is 2.44. The Kier molecular flexibility index (Phi) is 5.62. The summed E-state index contributed by atoms with van der Waals surface area (Å²) >= 11 is 13.1. The van der Waals surface area contributed by atoms with Gasteiger partial charge in [0.15, 0.2) is 0 Å². The average Bonchev–Trinajstić information content (AvgIpc) is 3.37. The van der Waals surface area contributed by atoms with E-state index >= 15 is 0 Å². The Morgan fingerprint density at radius 2 is 1.17 bits per heavy atom. The van der Waals surface area contributed by atoms with Crippen LogP contribution in [-0.4, -0.2) is 29.9 Å². The first kappa shape index (κ1) is 17.4. The van der Waals surface area contributed by atoms with Crippen LogP contribution in [0.4, 0.5) is 0 Å². The van der Waals surface area contributed by atoms with E-state index in [0.717, 1.165) is 0 Å². The van der Waals surface area contributed by atoms with E-state index in [9.17, 15) is 0 Å². The van der Waals surface area contributed by atoms with Crippen molar-refractivity contribution in [3.63, 3.8) is 0 Å². The van der Waals surface area contributed by atoms with Gasteiger partial charge in [0.2, 0.25) is 0 Å². The monoisotopic (exact) mass is 554 g/mol. The molecule has 0 bridgehead atoms. The first-order chi connectivity index (χ1) is 11.9. The number of hydrogen-bond donors (Lipinski definition) is 0. The van der Waals surface area contributed by atoms with Crippen LogP contribution in [0.15, 0.2) is 68.6 Å². The molecule has 0 amide bonds. The van der Waals surface area contributed by atoms with Crippen LogP contribution in [0.1, 0.15) is 12.8 Å². The molecule has 122 valence electrons. The summed E-state index contributed by atoms with van der Waals surface area (Å²) in [6.07, 6.45) is 7.09. The standard InChI is InChI=1S/C16H10S6Se2/c1-3-10(4-2-9(1)11-17-5-6-18-11)12-19-13-14(20-12)22-15(21-13)16-23-7-8-24-16/h1,3,5-8H,2,4H2. The molecule has 0 nitrogen and oxygen atoms in total. The molecule has 24 heavy (non-hydrogen) atoms. The normalized spacial score (nSPS) is 26.0. The molecule has 5 aliphatic rings. The van der Waals surface area contributed by atoms with Gasteiger partial charge >= 0.3 is 171 Å². The third-order valence-corrected chi connectivity index (χ3v) is 18.6. The van der Waals surface area contributed by atoms with Gasteiger partial charge < -0.3 is 0 Å². The minimum atomic E-state index is 0.632. The summed E-state index contributed by atoms with van der Waals surface area (Å²) < 4.78 is 9.41. The van der Waals surface area contributed by atoms with Crippen molar-refractivity contribution in [2.75, 3.05) is 0 Å². The van der Waals surface area contributed by atoms with Crippen molar-refractivity contribution in [1.29, 1.82) is 0 Å². The van der Waals surface area contributed by atoms with Gasteiger partial charge in [-0.2, -0.15) is 0 Å². The van der Waals surface area contributed by atoms with Gasteiger partial charge in [-0.3, -0.25) is 0 Å². The van der Waals surface area contributed by atoms with Crippen LogP contribution in [0.3, 0.4) is 0 Å². The second kappa shape index (κ2) is 7.75. The zero-order valence-corrected chi connectivity index (χ0v) is 20.5. The van der Waals surface area contributed by atoms with E-state index in [4.69, 9.17) is 0 Å². The molecule has 0 aromatic carbocycles. The van der Waals surface area contributed by atoms with Gasteiger partial charge in [0, 0.05) is 0 Å². The molecule has 0 saturated heterocycles. The Morgan fingerprint density at radius 1 is 0.625 bits per heavy atom. The van der Waals surface area contributed by atoms with Crippen LogP contribution >= 0.6 is 70.6 Å². The van der Waals surface area contributed by atoms with Crippen molar-refractivity contribution >= 4 is 100 Å². The molecule has 0 atom stereocenters. The molecule has 0 saturated carbocycles. The molecule has 0 fully saturated rings. The molecular weight excluding hydrogens is 542 g/mol. The van der Waals surface area contributed by atoms with Crippen molar-refractivity contribution in [3.8, 4) is 0 Å². The topological polar surface area (TPSA) is 0 Å². The van der Waals surface area contributed by atoms with Crippen LogP contribution < -0.4 is 0 Å². The maximum atomic E-state index is 2.39. The van der Waals surface area contributed by atoms with Crippen molar-refractivity contribution in [1.82, 2.24) is 0 Å². The Balaban J connectivity index is 1.30. The van der Waals surface area contributed by atoms with E-state index in [1.165, 1.54) is 40.9 Å². The summed E-state index contributed by atoms with van der Waals surface area (Å²) in [5.74, 6) is 0. The van der Waals surface area contributed by atoms with Crippen LogP contribution in [0.25, 0.3) is 0 Å². The Labute approximate surface area is 180 Å². The summed E-state index contributed by atoms with van der Waals surface area (Å²) in [5, 5.41) is 4.38. The van der Waals surface area contributed by atoms with Crippen LogP contribution in [0, 0.1) is 0 Å². The third kappa shape index (κ3) is 3.54. The van der Waals surface area contributed by atoms with Gasteiger partial charge in [-0.15, -0.1) is 0 Å².